The molecule has 1 aromatic heterocycles. The van der Waals surface area contributed by atoms with Crippen LogP contribution in [0, 0.1) is 0 Å². The van der Waals surface area contributed by atoms with Gasteiger partial charge in [-0.1, -0.05) is 19.3 Å². The largest absolute Gasteiger partial charge is 0.490 e. The van der Waals surface area contributed by atoms with Gasteiger partial charge in [-0.25, -0.2) is 19.6 Å². The molecule has 1 aliphatic carbocycles. The lowest BCUT2D eigenvalue weighted by atomic mass is 9.81. The van der Waals surface area contributed by atoms with Gasteiger partial charge >= 0.3 is 18.2 Å². The first-order valence-corrected chi connectivity index (χ1v) is 14.6. The molecule has 11 nitrogen and oxygen atoms in total. The normalized spacial score (nSPS) is 18.6. The third-order valence-corrected chi connectivity index (χ3v) is 8.31. The van der Waals surface area contributed by atoms with Crippen molar-refractivity contribution in [3.63, 3.8) is 0 Å². The second-order valence-electron chi connectivity index (χ2n) is 11.2. The molecule has 2 aliphatic heterocycles. The number of amides is 3. The Kier molecular flexibility index (Phi) is 8.65. The molecule has 1 saturated carbocycles. The zero-order valence-corrected chi connectivity index (χ0v) is 23.9. The first-order valence-electron chi connectivity index (χ1n) is 14.6. The summed E-state index contributed by atoms with van der Waals surface area (Å²) < 4.78 is 48.6. The summed E-state index contributed by atoms with van der Waals surface area (Å²) >= 11 is 0. The fourth-order valence-corrected chi connectivity index (χ4v) is 6.01. The fraction of sp³-hybridized carbons (Fsp3) is 0.552. The zero-order valence-electron chi connectivity index (χ0n) is 23.9. The third-order valence-electron chi connectivity index (χ3n) is 8.31. The van der Waals surface area contributed by atoms with E-state index in [4.69, 9.17) is 4.74 Å². The molecular weight excluding hydrogens is 569 g/mol. The van der Waals surface area contributed by atoms with Gasteiger partial charge in [0.05, 0.1) is 5.56 Å². The number of aromatic nitrogens is 2. The van der Waals surface area contributed by atoms with Crippen LogP contribution in [0.2, 0.25) is 0 Å². The molecule has 1 aromatic carbocycles. The maximum atomic E-state index is 14.1. The lowest BCUT2D eigenvalue weighted by molar-refractivity contribution is -0.145. The van der Waals surface area contributed by atoms with Gasteiger partial charge in [0.25, 0.3) is 5.91 Å². The predicted octanol–water partition coefficient (Wildman–Crippen LogP) is 4.28. The molecule has 3 N–H and O–H groups in total. The van der Waals surface area contributed by atoms with Crippen molar-refractivity contribution in [2.75, 3.05) is 31.1 Å². The minimum Gasteiger partial charge on any atom is -0.490 e. The first kappa shape index (κ1) is 30.4. The number of carbonyl (C=O) groups is 3. The number of urea groups is 1. The van der Waals surface area contributed by atoms with Crippen LogP contribution in [0.3, 0.4) is 0 Å². The Bertz CT molecular complexity index is 1370. The monoisotopic (exact) mass is 604 g/mol. The second-order valence-corrected chi connectivity index (χ2v) is 11.2. The number of carboxylic acid groups (broad SMARTS) is 1. The van der Waals surface area contributed by atoms with Crippen molar-refractivity contribution < 1.29 is 37.4 Å². The van der Waals surface area contributed by atoms with Crippen LogP contribution in [0.1, 0.15) is 73.5 Å². The highest BCUT2D eigenvalue weighted by Gasteiger charge is 2.44. The topological polar surface area (TPSA) is 137 Å². The molecule has 43 heavy (non-hydrogen) atoms. The van der Waals surface area contributed by atoms with Gasteiger partial charge in [-0.15, -0.1) is 0 Å². The Hall–Kier alpha value is -4.10. The number of piperidine rings is 1. The van der Waals surface area contributed by atoms with Crippen molar-refractivity contribution in [3.8, 4) is 5.75 Å². The van der Waals surface area contributed by atoms with Crippen LogP contribution in [-0.2, 0) is 17.4 Å². The van der Waals surface area contributed by atoms with E-state index in [-0.39, 0.29) is 30.9 Å². The summed E-state index contributed by atoms with van der Waals surface area (Å²) in [4.78, 5) is 48.2. The number of nitrogens with zero attached hydrogens (tertiary/aromatic N) is 4. The molecule has 0 bridgehead atoms. The average molecular weight is 605 g/mol. The van der Waals surface area contributed by atoms with Crippen LogP contribution in [0.15, 0.2) is 24.4 Å². The number of rotatable bonds is 7. The van der Waals surface area contributed by atoms with Gasteiger partial charge in [-0.2, -0.15) is 13.2 Å². The molecule has 2 fully saturated rings. The zero-order chi connectivity index (χ0) is 30.8. The van der Waals surface area contributed by atoms with E-state index in [1.807, 2.05) is 13.0 Å². The summed E-state index contributed by atoms with van der Waals surface area (Å²) in [6.45, 7) is 3.93. The molecule has 1 saturated heterocycles. The maximum absolute atomic E-state index is 14.1. The predicted molar refractivity (Wildman–Crippen MR) is 149 cm³/mol. The number of ether oxygens (including phenoxy) is 1. The van der Waals surface area contributed by atoms with Gasteiger partial charge in [-0.05, 0) is 49.9 Å². The van der Waals surface area contributed by atoms with Gasteiger partial charge in [0, 0.05) is 50.9 Å². The van der Waals surface area contributed by atoms with Crippen LogP contribution in [0.25, 0.3) is 0 Å². The van der Waals surface area contributed by atoms with Crippen LogP contribution in [0.5, 0.6) is 5.75 Å². The van der Waals surface area contributed by atoms with E-state index in [2.05, 4.69) is 20.6 Å². The Morgan fingerprint density at radius 1 is 1.12 bits per heavy atom. The molecule has 3 aliphatic rings. The molecule has 0 spiro atoms. The van der Waals surface area contributed by atoms with Gasteiger partial charge < -0.3 is 30.3 Å². The number of halogens is 3. The standard InChI is InChI=1S/C29H35F3N6O5/c1-2-33-27(42)37-13-9-19(10-14-37)43-20-6-7-22-18(16-20)8-15-38(22)26-34-17-21(23(35-26)29(30,31)32)24(39)36-28(25(40)41)11-4-3-5-12-28/h6-7,16-17,19H,2-5,8-15H2,1H3,(H,33,42)(H,36,39)(H,40,41). The maximum Gasteiger partial charge on any atom is 0.434 e. The van der Waals surface area contributed by atoms with Crippen molar-refractivity contribution in [2.24, 2.45) is 0 Å². The van der Waals surface area contributed by atoms with Crippen LogP contribution >= 0.6 is 0 Å². The highest BCUT2D eigenvalue weighted by molar-refractivity contribution is 5.98. The lowest BCUT2D eigenvalue weighted by Gasteiger charge is -2.34. The van der Waals surface area contributed by atoms with Crippen molar-refractivity contribution in [3.05, 3.63) is 41.2 Å². The molecule has 5 rings (SSSR count). The Morgan fingerprint density at radius 3 is 2.49 bits per heavy atom. The minimum absolute atomic E-state index is 0.0634. The van der Waals surface area contributed by atoms with E-state index in [1.54, 1.807) is 21.9 Å². The number of hydrogen-bond acceptors (Lipinski definition) is 7. The number of alkyl halides is 3. The molecule has 232 valence electrons. The molecule has 3 amide bonds. The molecule has 0 radical (unpaired) electrons. The van der Waals surface area contributed by atoms with E-state index in [1.165, 1.54) is 0 Å². The van der Waals surface area contributed by atoms with Gasteiger partial charge in [-0.3, -0.25) is 4.79 Å². The van der Waals surface area contributed by atoms with Crippen molar-refractivity contribution in [2.45, 2.75) is 76.1 Å². The van der Waals surface area contributed by atoms with Crippen molar-refractivity contribution >= 4 is 29.5 Å². The van der Waals surface area contributed by atoms with E-state index in [0.29, 0.717) is 69.7 Å². The number of anilines is 2. The van der Waals surface area contributed by atoms with Gasteiger partial charge in [0.1, 0.15) is 17.4 Å². The van der Waals surface area contributed by atoms with Crippen molar-refractivity contribution in [1.29, 1.82) is 0 Å². The summed E-state index contributed by atoms with van der Waals surface area (Å²) in [6, 6.07) is 5.26. The van der Waals surface area contributed by atoms with Gasteiger partial charge in [0.2, 0.25) is 5.95 Å². The molecule has 14 heteroatoms. The summed E-state index contributed by atoms with van der Waals surface area (Å²) in [7, 11) is 0. The van der Waals surface area contributed by atoms with Crippen molar-refractivity contribution in [1.82, 2.24) is 25.5 Å². The molecule has 2 aromatic rings. The number of carboxylic acids is 1. The number of benzene rings is 1. The summed E-state index contributed by atoms with van der Waals surface area (Å²) in [5.74, 6) is -2.01. The second kappa shape index (κ2) is 12.3. The number of likely N-dealkylation sites (tertiary alicyclic amines) is 1. The van der Waals surface area contributed by atoms with E-state index in [9.17, 15) is 32.7 Å². The van der Waals surface area contributed by atoms with Crippen LogP contribution < -0.4 is 20.3 Å². The SMILES string of the molecule is CCNC(=O)N1CCC(Oc2ccc3c(c2)CCN3c2ncc(C(=O)NC3(C(=O)O)CCCCC3)c(C(F)(F)F)n2)CC1. The molecule has 0 atom stereocenters. The van der Waals surface area contributed by atoms with Gasteiger partial charge in [0.15, 0.2) is 5.69 Å². The Morgan fingerprint density at radius 2 is 1.84 bits per heavy atom. The smallest absolute Gasteiger partial charge is 0.434 e. The van der Waals surface area contributed by atoms with Crippen LogP contribution in [0.4, 0.5) is 29.6 Å². The average Bonchev–Trinajstić information content (AvgIpc) is 3.40. The minimum atomic E-state index is -4.97. The highest BCUT2D eigenvalue weighted by Crippen LogP contribution is 2.38. The molecule has 3 heterocycles. The number of nitrogens with one attached hydrogen (secondary N) is 2. The number of hydrogen-bond donors (Lipinski definition) is 3. The first-order chi connectivity index (χ1) is 20.5. The third kappa shape index (κ3) is 6.47. The Labute approximate surface area is 246 Å². The number of fused-ring (bicyclic) bond motifs is 1. The number of aliphatic carboxylic acids is 1. The summed E-state index contributed by atoms with van der Waals surface area (Å²) in [5, 5.41) is 14.9. The lowest BCUT2D eigenvalue weighted by Crippen LogP contribution is -2.55. The molecule has 0 unspecified atom stereocenters. The van der Waals surface area contributed by atoms with E-state index >= 15 is 0 Å². The van der Waals surface area contributed by atoms with E-state index < -0.39 is 34.8 Å². The summed E-state index contributed by atoms with van der Waals surface area (Å²) in [6.07, 6.45) is -0.160. The number of carbonyl (C=O) groups excluding carboxylic acids is 2. The summed E-state index contributed by atoms with van der Waals surface area (Å²) in [5.41, 5.74) is -2.36. The fourth-order valence-electron chi connectivity index (χ4n) is 6.01. The van der Waals surface area contributed by atoms with Crippen LogP contribution in [-0.4, -0.2) is 75.7 Å². The van der Waals surface area contributed by atoms with E-state index in [0.717, 1.165) is 18.2 Å². The Balaban J connectivity index is 1.31. The quantitative estimate of drug-likeness (QED) is 0.426. The molecular formula is C29H35F3N6O5. The highest BCUT2D eigenvalue weighted by atomic mass is 19.4.